The highest BCUT2D eigenvalue weighted by molar-refractivity contribution is 6.33. The molecule has 20 heavy (non-hydrogen) atoms. The van der Waals surface area contributed by atoms with Gasteiger partial charge in [0.1, 0.15) is 5.75 Å². The number of benzene rings is 2. The molecule has 0 amide bonds. The van der Waals surface area contributed by atoms with Crippen LogP contribution in [0.25, 0.3) is 0 Å². The minimum atomic E-state index is 0.324. The Bertz CT molecular complexity index is 612. The van der Waals surface area contributed by atoms with Crippen molar-refractivity contribution >= 4 is 17.3 Å². The van der Waals surface area contributed by atoms with Crippen LogP contribution in [0.5, 0.6) is 5.75 Å². The summed E-state index contributed by atoms with van der Waals surface area (Å²) in [7, 11) is 1.71. The van der Waals surface area contributed by atoms with Crippen LogP contribution < -0.4 is 10.1 Å². The highest BCUT2D eigenvalue weighted by Crippen LogP contribution is 2.35. The van der Waals surface area contributed by atoms with Gasteiger partial charge in [-0.15, -0.1) is 0 Å². The number of ether oxygens (including phenoxy) is 1. The number of methoxy groups -OCH3 is 1. The SMILES string of the molecule is COc1ccc2c(c1)CCCC2Nc1ccccc1Cl. The van der Waals surface area contributed by atoms with Crippen molar-refractivity contribution in [2.75, 3.05) is 12.4 Å². The van der Waals surface area contributed by atoms with Crippen molar-refractivity contribution < 1.29 is 4.74 Å². The zero-order chi connectivity index (χ0) is 13.9. The van der Waals surface area contributed by atoms with E-state index in [4.69, 9.17) is 16.3 Å². The van der Waals surface area contributed by atoms with Crippen LogP contribution in [0.4, 0.5) is 5.69 Å². The van der Waals surface area contributed by atoms with Crippen molar-refractivity contribution in [2.45, 2.75) is 25.3 Å². The van der Waals surface area contributed by atoms with Crippen LogP contribution in [0.15, 0.2) is 42.5 Å². The van der Waals surface area contributed by atoms with Crippen molar-refractivity contribution in [3.05, 3.63) is 58.6 Å². The highest BCUT2D eigenvalue weighted by atomic mass is 35.5. The van der Waals surface area contributed by atoms with Crippen molar-refractivity contribution in [1.82, 2.24) is 0 Å². The fourth-order valence-corrected chi connectivity index (χ4v) is 3.02. The van der Waals surface area contributed by atoms with E-state index in [9.17, 15) is 0 Å². The summed E-state index contributed by atoms with van der Waals surface area (Å²) in [6.07, 6.45) is 3.43. The van der Waals surface area contributed by atoms with Gasteiger partial charge < -0.3 is 10.1 Å². The largest absolute Gasteiger partial charge is 0.497 e. The van der Waals surface area contributed by atoms with E-state index in [-0.39, 0.29) is 0 Å². The predicted octanol–water partition coefficient (Wildman–Crippen LogP) is 4.84. The molecule has 0 radical (unpaired) electrons. The third-order valence-corrected chi connectivity index (χ3v) is 4.20. The topological polar surface area (TPSA) is 21.3 Å². The number of para-hydroxylation sites is 1. The van der Waals surface area contributed by atoms with Gasteiger partial charge in [-0.1, -0.05) is 29.8 Å². The zero-order valence-electron chi connectivity index (χ0n) is 11.5. The van der Waals surface area contributed by atoms with E-state index in [1.807, 2.05) is 30.3 Å². The molecule has 3 rings (SSSR count). The Morgan fingerprint density at radius 3 is 2.85 bits per heavy atom. The molecule has 0 heterocycles. The summed E-state index contributed by atoms with van der Waals surface area (Å²) >= 11 is 6.24. The highest BCUT2D eigenvalue weighted by Gasteiger charge is 2.21. The van der Waals surface area contributed by atoms with Crippen molar-refractivity contribution in [3.8, 4) is 5.75 Å². The van der Waals surface area contributed by atoms with Crippen LogP contribution in [-0.4, -0.2) is 7.11 Å². The maximum Gasteiger partial charge on any atom is 0.119 e. The summed E-state index contributed by atoms with van der Waals surface area (Å²) < 4.78 is 5.31. The Morgan fingerprint density at radius 2 is 2.05 bits per heavy atom. The minimum Gasteiger partial charge on any atom is -0.497 e. The quantitative estimate of drug-likeness (QED) is 0.872. The molecule has 1 unspecified atom stereocenters. The Kier molecular flexibility index (Phi) is 3.83. The van der Waals surface area contributed by atoms with Gasteiger partial charge in [-0.3, -0.25) is 0 Å². The van der Waals surface area contributed by atoms with E-state index in [0.717, 1.165) is 29.3 Å². The fourth-order valence-electron chi connectivity index (χ4n) is 2.83. The second kappa shape index (κ2) is 5.76. The molecule has 1 N–H and O–H groups in total. The Morgan fingerprint density at radius 1 is 1.20 bits per heavy atom. The Hall–Kier alpha value is -1.67. The normalized spacial score (nSPS) is 17.4. The molecule has 0 saturated carbocycles. The van der Waals surface area contributed by atoms with Gasteiger partial charge in [0.2, 0.25) is 0 Å². The average molecular weight is 288 g/mol. The number of hydrogen-bond acceptors (Lipinski definition) is 2. The average Bonchev–Trinajstić information content (AvgIpc) is 2.49. The second-order valence-corrected chi connectivity index (χ2v) is 5.54. The number of nitrogens with one attached hydrogen (secondary N) is 1. The first-order valence-corrected chi connectivity index (χ1v) is 7.33. The number of anilines is 1. The maximum atomic E-state index is 6.24. The summed E-state index contributed by atoms with van der Waals surface area (Å²) in [4.78, 5) is 0. The van der Waals surface area contributed by atoms with E-state index in [0.29, 0.717) is 6.04 Å². The summed E-state index contributed by atoms with van der Waals surface area (Å²) in [5.74, 6) is 0.933. The van der Waals surface area contributed by atoms with Crippen molar-refractivity contribution in [2.24, 2.45) is 0 Å². The third kappa shape index (κ3) is 2.61. The smallest absolute Gasteiger partial charge is 0.119 e. The molecule has 0 spiro atoms. The van der Waals surface area contributed by atoms with E-state index in [1.54, 1.807) is 7.11 Å². The second-order valence-electron chi connectivity index (χ2n) is 5.13. The fraction of sp³-hybridized carbons (Fsp3) is 0.294. The molecule has 0 fully saturated rings. The molecule has 1 aliphatic carbocycles. The van der Waals surface area contributed by atoms with Gasteiger partial charge in [0.25, 0.3) is 0 Å². The molecule has 2 aromatic rings. The number of aryl methyl sites for hydroxylation is 1. The summed E-state index contributed by atoms with van der Waals surface area (Å²) in [6.45, 7) is 0. The molecule has 2 nitrogen and oxygen atoms in total. The molecule has 2 aromatic carbocycles. The van der Waals surface area contributed by atoms with Crippen LogP contribution >= 0.6 is 11.6 Å². The number of fused-ring (bicyclic) bond motifs is 1. The van der Waals surface area contributed by atoms with Gasteiger partial charge in [-0.05, 0) is 54.7 Å². The molecule has 0 aromatic heterocycles. The van der Waals surface area contributed by atoms with Crippen molar-refractivity contribution in [3.63, 3.8) is 0 Å². The maximum absolute atomic E-state index is 6.24. The first kappa shape index (κ1) is 13.3. The van der Waals surface area contributed by atoms with E-state index in [1.165, 1.54) is 17.5 Å². The van der Waals surface area contributed by atoms with E-state index in [2.05, 4.69) is 17.4 Å². The van der Waals surface area contributed by atoms with Gasteiger partial charge in [-0.2, -0.15) is 0 Å². The van der Waals surface area contributed by atoms with Gasteiger partial charge >= 0.3 is 0 Å². The monoisotopic (exact) mass is 287 g/mol. The molecule has 0 saturated heterocycles. The standard InChI is InChI=1S/C17H18ClNO/c1-20-13-9-10-14-12(11-13)5-4-8-16(14)19-17-7-3-2-6-15(17)18/h2-3,6-7,9-11,16,19H,4-5,8H2,1H3. The lowest BCUT2D eigenvalue weighted by Crippen LogP contribution is -2.17. The zero-order valence-corrected chi connectivity index (χ0v) is 12.3. The number of hydrogen-bond donors (Lipinski definition) is 1. The van der Waals surface area contributed by atoms with E-state index < -0.39 is 0 Å². The Balaban J connectivity index is 1.88. The molecule has 1 atom stereocenters. The van der Waals surface area contributed by atoms with Gasteiger partial charge in [-0.25, -0.2) is 0 Å². The molecular weight excluding hydrogens is 270 g/mol. The summed E-state index contributed by atoms with van der Waals surface area (Å²) in [5.41, 5.74) is 3.74. The minimum absolute atomic E-state index is 0.324. The summed E-state index contributed by atoms with van der Waals surface area (Å²) in [6, 6.07) is 14.6. The molecular formula is C17H18ClNO. The molecule has 104 valence electrons. The van der Waals surface area contributed by atoms with Crippen LogP contribution in [0.3, 0.4) is 0 Å². The van der Waals surface area contributed by atoms with Gasteiger partial charge in [0, 0.05) is 0 Å². The molecule has 3 heteroatoms. The van der Waals surface area contributed by atoms with Crippen LogP contribution in [0, 0.1) is 0 Å². The molecule has 0 bridgehead atoms. The number of rotatable bonds is 3. The molecule has 0 aliphatic heterocycles. The van der Waals surface area contributed by atoms with Gasteiger partial charge in [0.05, 0.1) is 23.9 Å². The first-order valence-electron chi connectivity index (χ1n) is 6.96. The predicted molar refractivity (Wildman–Crippen MR) is 83.7 cm³/mol. The van der Waals surface area contributed by atoms with Gasteiger partial charge in [0.15, 0.2) is 0 Å². The van der Waals surface area contributed by atoms with Crippen molar-refractivity contribution in [1.29, 1.82) is 0 Å². The van der Waals surface area contributed by atoms with E-state index >= 15 is 0 Å². The lowest BCUT2D eigenvalue weighted by molar-refractivity contribution is 0.413. The first-order chi connectivity index (χ1) is 9.78. The number of halogens is 1. The van der Waals surface area contributed by atoms with Crippen LogP contribution in [-0.2, 0) is 6.42 Å². The Labute approximate surface area is 124 Å². The lowest BCUT2D eigenvalue weighted by Gasteiger charge is -2.28. The molecule has 1 aliphatic rings. The lowest BCUT2D eigenvalue weighted by atomic mass is 9.87. The van der Waals surface area contributed by atoms with Crippen LogP contribution in [0.1, 0.15) is 30.0 Å². The summed E-state index contributed by atoms with van der Waals surface area (Å²) in [5, 5.41) is 4.34. The van der Waals surface area contributed by atoms with Crippen LogP contribution in [0.2, 0.25) is 5.02 Å². The third-order valence-electron chi connectivity index (χ3n) is 3.87.